The first kappa shape index (κ1) is 16.7. The van der Waals surface area contributed by atoms with Gasteiger partial charge in [0.25, 0.3) is 5.91 Å². The molecule has 3 rings (SSSR count). The van der Waals surface area contributed by atoms with Gasteiger partial charge < -0.3 is 19.7 Å². The second-order valence-electron chi connectivity index (χ2n) is 5.87. The maximum atomic E-state index is 12.4. The van der Waals surface area contributed by atoms with Crippen molar-refractivity contribution in [3.63, 3.8) is 0 Å². The molecule has 0 spiro atoms. The van der Waals surface area contributed by atoms with E-state index in [0.29, 0.717) is 23.1 Å². The molecule has 1 amide bonds. The van der Waals surface area contributed by atoms with Crippen molar-refractivity contribution < 1.29 is 9.21 Å². The molecular formula is C17H18N4O4. The summed E-state index contributed by atoms with van der Waals surface area (Å²) in [4.78, 5) is 42.0. The fraction of sp³-hybridized carbons (Fsp3) is 0.235. The van der Waals surface area contributed by atoms with Crippen LogP contribution in [0.5, 0.6) is 0 Å². The monoisotopic (exact) mass is 342 g/mol. The Morgan fingerprint density at radius 1 is 1.16 bits per heavy atom. The minimum absolute atomic E-state index is 0.101. The van der Waals surface area contributed by atoms with Crippen LogP contribution in [0, 0.1) is 0 Å². The number of nitrogens with zero attached hydrogens (tertiary/aromatic N) is 1. The van der Waals surface area contributed by atoms with E-state index in [0.717, 1.165) is 5.76 Å². The molecule has 0 saturated heterocycles. The average Bonchev–Trinajstić information content (AvgIpc) is 3.09. The number of amides is 1. The van der Waals surface area contributed by atoms with Crippen LogP contribution in [0.3, 0.4) is 0 Å². The van der Waals surface area contributed by atoms with Crippen molar-refractivity contribution >= 4 is 16.9 Å². The normalized spacial score (nSPS) is 12.4. The molecule has 0 fully saturated rings. The van der Waals surface area contributed by atoms with Gasteiger partial charge in [-0.1, -0.05) is 0 Å². The number of likely N-dealkylation sites (N-methyl/N-ethyl adjacent to an activating group) is 1. The van der Waals surface area contributed by atoms with E-state index in [1.807, 2.05) is 25.1 Å². The van der Waals surface area contributed by atoms with Crippen LogP contribution < -0.4 is 16.4 Å². The van der Waals surface area contributed by atoms with Gasteiger partial charge in [0.1, 0.15) is 5.76 Å². The number of aromatic nitrogens is 2. The van der Waals surface area contributed by atoms with Gasteiger partial charge in [0.15, 0.2) is 0 Å². The van der Waals surface area contributed by atoms with Gasteiger partial charge in [0, 0.05) is 12.1 Å². The number of nitrogens with one attached hydrogen (secondary N) is 3. The molecule has 25 heavy (non-hydrogen) atoms. The molecule has 0 aliphatic carbocycles. The summed E-state index contributed by atoms with van der Waals surface area (Å²) >= 11 is 0. The molecule has 8 heteroatoms. The first-order valence-electron chi connectivity index (χ1n) is 7.70. The summed E-state index contributed by atoms with van der Waals surface area (Å²) in [5.41, 5.74) is -0.241. The third-order valence-corrected chi connectivity index (χ3v) is 3.94. The van der Waals surface area contributed by atoms with Crippen molar-refractivity contribution in [2.45, 2.75) is 6.04 Å². The lowest BCUT2D eigenvalue weighted by Gasteiger charge is -2.22. The molecule has 2 aromatic heterocycles. The van der Waals surface area contributed by atoms with Gasteiger partial charge in [-0.25, -0.2) is 0 Å². The first-order chi connectivity index (χ1) is 12.0. The first-order valence-corrected chi connectivity index (χ1v) is 7.70. The Morgan fingerprint density at radius 2 is 1.88 bits per heavy atom. The topological polar surface area (TPSA) is 111 Å². The minimum Gasteiger partial charge on any atom is -0.468 e. The van der Waals surface area contributed by atoms with Crippen molar-refractivity contribution in [2.75, 3.05) is 20.6 Å². The number of benzene rings is 1. The SMILES string of the molecule is CN(C)[C@H](CNC(=O)c1ccc2[nH]c(=O)c(=O)[nH]c2c1)c1ccco1. The Morgan fingerprint density at radius 3 is 2.52 bits per heavy atom. The summed E-state index contributed by atoms with van der Waals surface area (Å²) in [5.74, 6) is 0.470. The van der Waals surface area contributed by atoms with Crippen molar-refractivity contribution in [1.82, 2.24) is 20.2 Å². The van der Waals surface area contributed by atoms with E-state index in [1.165, 1.54) is 6.07 Å². The third kappa shape index (κ3) is 3.53. The summed E-state index contributed by atoms with van der Waals surface area (Å²) in [6, 6.07) is 8.25. The van der Waals surface area contributed by atoms with Crippen molar-refractivity contribution in [1.29, 1.82) is 0 Å². The number of hydrogen-bond donors (Lipinski definition) is 3. The van der Waals surface area contributed by atoms with Crippen LogP contribution in [0.4, 0.5) is 0 Å². The summed E-state index contributed by atoms with van der Waals surface area (Å²) in [7, 11) is 3.80. The van der Waals surface area contributed by atoms with Gasteiger partial charge in [-0.15, -0.1) is 0 Å². The summed E-state index contributed by atoms with van der Waals surface area (Å²) in [6.07, 6.45) is 1.59. The molecule has 0 bridgehead atoms. The van der Waals surface area contributed by atoms with Gasteiger partial charge >= 0.3 is 11.1 Å². The number of carbonyl (C=O) groups is 1. The van der Waals surface area contributed by atoms with Crippen molar-refractivity contribution in [3.8, 4) is 0 Å². The Bertz CT molecular complexity index is 1000. The van der Waals surface area contributed by atoms with E-state index >= 15 is 0 Å². The zero-order valence-electron chi connectivity index (χ0n) is 13.8. The molecular weight excluding hydrogens is 324 g/mol. The maximum Gasteiger partial charge on any atom is 0.314 e. The number of hydrogen-bond acceptors (Lipinski definition) is 5. The molecule has 3 N–H and O–H groups in total. The Labute approximate surface area is 142 Å². The second-order valence-corrected chi connectivity index (χ2v) is 5.87. The van der Waals surface area contributed by atoms with Crippen LogP contribution in [-0.4, -0.2) is 41.4 Å². The predicted octanol–water partition coefficient (Wildman–Crippen LogP) is 0.842. The highest BCUT2D eigenvalue weighted by molar-refractivity contribution is 5.97. The molecule has 1 aromatic carbocycles. The van der Waals surface area contributed by atoms with E-state index in [-0.39, 0.29) is 11.9 Å². The fourth-order valence-electron chi connectivity index (χ4n) is 2.57. The zero-order chi connectivity index (χ0) is 18.0. The van der Waals surface area contributed by atoms with E-state index in [9.17, 15) is 14.4 Å². The predicted molar refractivity (Wildman–Crippen MR) is 92.7 cm³/mol. The molecule has 3 aromatic rings. The number of H-pyrrole nitrogens is 2. The highest BCUT2D eigenvalue weighted by Gasteiger charge is 2.18. The third-order valence-electron chi connectivity index (χ3n) is 3.94. The van der Waals surface area contributed by atoms with E-state index in [2.05, 4.69) is 15.3 Å². The standard InChI is InChI=1S/C17H18N4O4/c1-21(2)13(14-4-3-7-25-14)9-18-15(22)10-5-6-11-12(8-10)20-17(24)16(23)19-11/h3-8,13H,9H2,1-2H3,(H,18,22)(H,19,23)(H,20,24)/t13-/m1/s1. The van der Waals surface area contributed by atoms with E-state index in [1.54, 1.807) is 24.5 Å². The smallest absolute Gasteiger partial charge is 0.314 e. The number of rotatable bonds is 5. The molecule has 2 heterocycles. The average molecular weight is 342 g/mol. The molecule has 0 unspecified atom stereocenters. The van der Waals surface area contributed by atoms with Crippen LogP contribution in [0.15, 0.2) is 50.6 Å². The Kier molecular flexibility index (Phi) is 4.53. The molecule has 0 aliphatic rings. The van der Waals surface area contributed by atoms with Gasteiger partial charge in [0.05, 0.1) is 23.3 Å². The van der Waals surface area contributed by atoms with E-state index in [4.69, 9.17) is 4.42 Å². The zero-order valence-corrected chi connectivity index (χ0v) is 13.8. The summed E-state index contributed by atoms with van der Waals surface area (Å²) in [5, 5.41) is 2.85. The largest absolute Gasteiger partial charge is 0.468 e. The van der Waals surface area contributed by atoms with Gasteiger partial charge in [-0.05, 0) is 44.4 Å². The van der Waals surface area contributed by atoms with Crippen molar-refractivity contribution in [3.05, 3.63) is 68.6 Å². The summed E-state index contributed by atoms with van der Waals surface area (Å²) < 4.78 is 5.41. The number of aromatic amines is 2. The number of furan rings is 1. The van der Waals surface area contributed by atoms with E-state index < -0.39 is 11.1 Å². The molecule has 1 atom stereocenters. The quantitative estimate of drug-likeness (QED) is 0.595. The van der Waals surface area contributed by atoms with Crippen LogP contribution in [0.1, 0.15) is 22.2 Å². The maximum absolute atomic E-state index is 12.4. The second kappa shape index (κ2) is 6.78. The number of carbonyl (C=O) groups excluding carboxylic acids is 1. The highest BCUT2D eigenvalue weighted by Crippen LogP contribution is 2.18. The minimum atomic E-state index is -0.754. The van der Waals surface area contributed by atoms with Crippen LogP contribution in [-0.2, 0) is 0 Å². The Balaban J connectivity index is 1.79. The number of fused-ring (bicyclic) bond motifs is 1. The Hall–Kier alpha value is -3.13. The highest BCUT2D eigenvalue weighted by atomic mass is 16.3. The molecule has 8 nitrogen and oxygen atoms in total. The van der Waals surface area contributed by atoms with Gasteiger partial charge in [-0.3, -0.25) is 19.3 Å². The van der Waals surface area contributed by atoms with Gasteiger partial charge in [0.2, 0.25) is 0 Å². The molecule has 0 radical (unpaired) electrons. The van der Waals surface area contributed by atoms with Crippen LogP contribution in [0.25, 0.3) is 11.0 Å². The molecule has 0 aliphatic heterocycles. The van der Waals surface area contributed by atoms with Crippen LogP contribution in [0.2, 0.25) is 0 Å². The summed E-state index contributed by atoms with van der Waals surface area (Å²) in [6.45, 7) is 0.361. The lowest BCUT2D eigenvalue weighted by molar-refractivity contribution is 0.0939. The molecule has 130 valence electrons. The fourth-order valence-corrected chi connectivity index (χ4v) is 2.57. The molecule has 0 saturated carbocycles. The van der Waals surface area contributed by atoms with Gasteiger partial charge in [-0.2, -0.15) is 0 Å². The lowest BCUT2D eigenvalue weighted by Crippen LogP contribution is -2.34. The van der Waals surface area contributed by atoms with Crippen LogP contribution >= 0.6 is 0 Å². The van der Waals surface area contributed by atoms with Crippen molar-refractivity contribution in [2.24, 2.45) is 0 Å². The lowest BCUT2D eigenvalue weighted by atomic mass is 10.1.